The van der Waals surface area contributed by atoms with Crippen LogP contribution in [-0.4, -0.2) is 24.7 Å². The van der Waals surface area contributed by atoms with E-state index in [2.05, 4.69) is 70.9 Å². The summed E-state index contributed by atoms with van der Waals surface area (Å²) in [5.74, 6) is 0. The van der Waals surface area contributed by atoms with Crippen LogP contribution < -0.4 is 5.32 Å². The Bertz CT molecular complexity index is 435. The third-order valence-electron chi connectivity index (χ3n) is 3.49. The van der Waals surface area contributed by atoms with Gasteiger partial charge in [0.05, 0.1) is 6.04 Å². The normalized spacial score (nSPS) is 16.3. The second-order valence-corrected chi connectivity index (χ2v) is 4.69. The summed E-state index contributed by atoms with van der Waals surface area (Å²) in [6.07, 6.45) is 0. The molecule has 1 aliphatic heterocycles. The first-order chi connectivity index (χ1) is 8.95. The molecule has 2 heteroatoms. The molecular formula is C16H18N2. The molecule has 1 fully saturated rings. The molecule has 1 saturated heterocycles. The highest BCUT2D eigenvalue weighted by molar-refractivity contribution is 5.31. The number of nitrogens with zero attached hydrogens (tertiary/aromatic N) is 1. The fourth-order valence-corrected chi connectivity index (χ4v) is 2.63. The minimum atomic E-state index is 0.363. The molecule has 3 rings (SSSR count). The van der Waals surface area contributed by atoms with Gasteiger partial charge < -0.3 is 5.32 Å². The van der Waals surface area contributed by atoms with Crippen LogP contribution in [0, 0.1) is 0 Å². The Kier molecular flexibility index (Phi) is 3.40. The van der Waals surface area contributed by atoms with Crippen molar-refractivity contribution >= 4 is 0 Å². The number of nitrogens with one attached hydrogen (secondary N) is 1. The molecule has 2 nitrogen and oxygen atoms in total. The molecule has 18 heavy (non-hydrogen) atoms. The van der Waals surface area contributed by atoms with Gasteiger partial charge in [-0.2, -0.15) is 0 Å². The first-order valence-electron chi connectivity index (χ1n) is 6.50. The number of hydrogen-bond acceptors (Lipinski definition) is 2. The molecule has 0 aliphatic carbocycles. The van der Waals surface area contributed by atoms with Crippen LogP contribution in [0.2, 0.25) is 0 Å². The van der Waals surface area contributed by atoms with Crippen LogP contribution in [0.3, 0.4) is 0 Å². The van der Waals surface area contributed by atoms with E-state index in [1.807, 2.05) is 0 Å². The van der Waals surface area contributed by atoms with Crippen LogP contribution in [0.15, 0.2) is 60.7 Å². The second kappa shape index (κ2) is 5.34. The standard InChI is InChI=1S/C16H18N2/c1-3-7-14(8-4-1)16(18-12-11-17-13-18)15-9-5-2-6-10-15/h1-10,16-17H,11-13H2. The van der Waals surface area contributed by atoms with E-state index in [0.717, 1.165) is 19.8 Å². The number of hydrogen-bond donors (Lipinski definition) is 1. The fraction of sp³-hybridized carbons (Fsp3) is 0.250. The van der Waals surface area contributed by atoms with Crippen molar-refractivity contribution in [3.05, 3.63) is 71.8 Å². The van der Waals surface area contributed by atoms with Crippen molar-refractivity contribution in [1.82, 2.24) is 10.2 Å². The van der Waals surface area contributed by atoms with Crippen molar-refractivity contribution in [2.24, 2.45) is 0 Å². The Hall–Kier alpha value is -1.64. The van der Waals surface area contributed by atoms with E-state index in [1.165, 1.54) is 11.1 Å². The van der Waals surface area contributed by atoms with E-state index >= 15 is 0 Å². The van der Waals surface area contributed by atoms with Crippen molar-refractivity contribution in [1.29, 1.82) is 0 Å². The first-order valence-corrected chi connectivity index (χ1v) is 6.50. The monoisotopic (exact) mass is 238 g/mol. The molecule has 0 unspecified atom stereocenters. The average molecular weight is 238 g/mol. The molecule has 0 saturated carbocycles. The highest BCUT2D eigenvalue weighted by Gasteiger charge is 2.24. The van der Waals surface area contributed by atoms with Crippen molar-refractivity contribution in [2.75, 3.05) is 19.8 Å². The van der Waals surface area contributed by atoms with Gasteiger partial charge in [0, 0.05) is 19.8 Å². The van der Waals surface area contributed by atoms with Gasteiger partial charge in [0.25, 0.3) is 0 Å². The lowest BCUT2D eigenvalue weighted by atomic mass is 9.97. The summed E-state index contributed by atoms with van der Waals surface area (Å²) in [6.45, 7) is 3.15. The minimum absolute atomic E-state index is 0.363. The second-order valence-electron chi connectivity index (χ2n) is 4.69. The molecule has 1 heterocycles. The summed E-state index contributed by atoms with van der Waals surface area (Å²) >= 11 is 0. The van der Waals surface area contributed by atoms with Crippen LogP contribution in [0.25, 0.3) is 0 Å². The van der Waals surface area contributed by atoms with Crippen molar-refractivity contribution < 1.29 is 0 Å². The lowest BCUT2D eigenvalue weighted by Crippen LogP contribution is -2.28. The zero-order valence-electron chi connectivity index (χ0n) is 10.4. The summed E-state index contributed by atoms with van der Waals surface area (Å²) in [5, 5.41) is 3.42. The molecule has 2 aromatic rings. The van der Waals surface area contributed by atoms with Crippen LogP contribution in [-0.2, 0) is 0 Å². The zero-order chi connectivity index (χ0) is 12.2. The molecule has 1 aliphatic rings. The Balaban J connectivity index is 1.98. The summed E-state index contributed by atoms with van der Waals surface area (Å²) < 4.78 is 0. The molecule has 0 spiro atoms. The Morgan fingerprint density at radius 3 is 1.83 bits per heavy atom. The maximum atomic E-state index is 3.42. The fourth-order valence-electron chi connectivity index (χ4n) is 2.63. The van der Waals surface area contributed by atoms with Crippen LogP contribution >= 0.6 is 0 Å². The van der Waals surface area contributed by atoms with Crippen molar-refractivity contribution in [3.63, 3.8) is 0 Å². The van der Waals surface area contributed by atoms with Gasteiger partial charge in [0.1, 0.15) is 0 Å². The van der Waals surface area contributed by atoms with Gasteiger partial charge in [0.15, 0.2) is 0 Å². The lowest BCUT2D eigenvalue weighted by molar-refractivity contribution is 0.278. The number of rotatable bonds is 3. The van der Waals surface area contributed by atoms with Gasteiger partial charge >= 0.3 is 0 Å². The van der Waals surface area contributed by atoms with E-state index in [4.69, 9.17) is 0 Å². The molecule has 0 aromatic heterocycles. The third kappa shape index (κ3) is 2.30. The molecule has 1 N–H and O–H groups in total. The lowest BCUT2D eigenvalue weighted by Gasteiger charge is -2.27. The van der Waals surface area contributed by atoms with Gasteiger partial charge in [-0.15, -0.1) is 0 Å². The molecule has 0 radical (unpaired) electrons. The molecular weight excluding hydrogens is 220 g/mol. The van der Waals surface area contributed by atoms with E-state index in [1.54, 1.807) is 0 Å². The van der Waals surface area contributed by atoms with Gasteiger partial charge in [0.2, 0.25) is 0 Å². The maximum Gasteiger partial charge on any atom is 0.0613 e. The first kappa shape index (κ1) is 11.5. The van der Waals surface area contributed by atoms with Gasteiger partial charge in [-0.25, -0.2) is 0 Å². The smallest absolute Gasteiger partial charge is 0.0613 e. The molecule has 92 valence electrons. The molecule has 0 bridgehead atoms. The summed E-state index contributed by atoms with van der Waals surface area (Å²) in [7, 11) is 0. The van der Waals surface area contributed by atoms with E-state index in [-0.39, 0.29) is 0 Å². The number of benzene rings is 2. The van der Waals surface area contributed by atoms with E-state index in [0.29, 0.717) is 6.04 Å². The molecule has 0 atom stereocenters. The van der Waals surface area contributed by atoms with Gasteiger partial charge in [-0.1, -0.05) is 60.7 Å². The topological polar surface area (TPSA) is 15.3 Å². The maximum absolute atomic E-state index is 3.42. The highest BCUT2D eigenvalue weighted by Crippen LogP contribution is 2.28. The Labute approximate surface area is 108 Å². The third-order valence-corrected chi connectivity index (χ3v) is 3.49. The van der Waals surface area contributed by atoms with E-state index < -0.39 is 0 Å². The quantitative estimate of drug-likeness (QED) is 0.884. The van der Waals surface area contributed by atoms with E-state index in [9.17, 15) is 0 Å². The van der Waals surface area contributed by atoms with Crippen molar-refractivity contribution in [3.8, 4) is 0 Å². The average Bonchev–Trinajstić information content (AvgIpc) is 2.95. The minimum Gasteiger partial charge on any atom is -0.303 e. The van der Waals surface area contributed by atoms with Crippen LogP contribution in [0.5, 0.6) is 0 Å². The Morgan fingerprint density at radius 2 is 1.39 bits per heavy atom. The highest BCUT2D eigenvalue weighted by atomic mass is 15.3. The van der Waals surface area contributed by atoms with Crippen molar-refractivity contribution in [2.45, 2.75) is 6.04 Å². The SMILES string of the molecule is c1ccc(C(c2ccccc2)N2CCNC2)cc1. The van der Waals surface area contributed by atoms with Crippen LogP contribution in [0.1, 0.15) is 17.2 Å². The predicted molar refractivity (Wildman–Crippen MR) is 74.3 cm³/mol. The summed E-state index contributed by atoms with van der Waals surface area (Å²) in [6, 6.07) is 21.9. The van der Waals surface area contributed by atoms with Gasteiger partial charge in [-0.3, -0.25) is 4.90 Å². The summed E-state index contributed by atoms with van der Waals surface area (Å²) in [5.41, 5.74) is 2.74. The van der Waals surface area contributed by atoms with Gasteiger partial charge in [-0.05, 0) is 11.1 Å². The molecule has 0 amide bonds. The largest absolute Gasteiger partial charge is 0.303 e. The summed E-state index contributed by atoms with van der Waals surface area (Å²) in [4.78, 5) is 2.49. The van der Waals surface area contributed by atoms with Crippen LogP contribution in [0.4, 0.5) is 0 Å². The predicted octanol–water partition coefficient (Wildman–Crippen LogP) is 2.64. The molecule has 2 aromatic carbocycles. The Morgan fingerprint density at radius 1 is 0.833 bits per heavy atom. The zero-order valence-corrected chi connectivity index (χ0v) is 10.4.